The molecule has 0 atom stereocenters. The topological polar surface area (TPSA) is 67.6 Å². The van der Waals surface area contributed by atoms with Gasteiger partial charge in [-0.05, 0) is 36.4 Å². The molecule has 0 aliphatic carbocycles. The molecule has 0 aliphatic heterocycles. The third-order valence-corrected chi connectivity index (χ3v) is 3.51. The van der Waals surface area contributed by atoms with Crippen molar-refractivity contribution < 1.29 is 9.53 Å². The Hall–Kier alpha value is -2.40. The van der Waals surface area contributed by atoms with Gasteiger partial charge in [-0.2, -0.15) is 0 Å². The summed E-state index contributed by atoms with van der Waals surface area (Å²) >= 11 is 6.15. The molecular weight excluding hydrogens is 302 g/mol. The molecule has 0 saturated heterocycles. The number of amides is 1. The molecule has 0 radical (unpaired) electrons. The summed E-state index contributed by atoms with van der Waals surface area (Å²) in [6.07, 6.45) is 0. The summed E-state index contributed by atoms with van der Waals surface area (Å²) in [4.78, 5) is 14.1. The minimum absolute atomic E-state index is 0.251. The number of nitrogens with one attached hydrogen (secondary N) is 1. The van der Waals surface area contributed by atoms with Crippen LogP contribution in [0.15, 0.2) is 36.4 Å². The van der Waals surface area contributed by atoms with Crippen molar-refractivity contribution in [2.75, 3.05) is 37.2 Å². The summed E-state index contributed by atoms with van der Waals surface area (Å²) in [5, 5.41) is 3.19. The summed E-state index contributed by atoms with van der Waals surface area (Å²) in [5.74, 6) is 0.441. The van der Waals surface area contributed by atoms with Crippen molar-refractivity contribution >= 4 is 34.6 Å². The summed E-state index contributed by atoms with van der Waals surface area (Å²) in [6.45, 7) is 0. The Bertz CT molecular complexity index is 685. The number of nitrogens with zero attached hydrogens (tertiary/aromatic N) is 1. The molecule has 0 spiro atoms. The van der Waals surface area contributed by atoms with E-state index in [1.54, 1.807) is 43.5 Å². The molecule has 0 aromatic heterocycles. The number of rotatable bonds is 4. The molecule has 0 saturated carbocycles. The van der Waals surface area contributed by atoms with Crippen molar-refractivity contribution in [3.8, 4) is 5.75 Å². The Morgan fingerprint density at radius 2 is 1.86 bits per heavy atom. The van der Waals surface area contributed by atoms with Gasteiger partial charge in [-0.15, -0.1) is 0 Å². The maximum absolute atomic E-state index is 12.3. The maximum atomic E-state index is 12.3. The second-order valence-corrected chi connectivity index (χ2v) is 5.38. The zero-order valence-corrected chi connectivity index (χ0v) is 13.4. The fraction of sp³-hybridized carbons (Fsp3) is 0.188. The van der Waals surface area contributed by atoms with Crippen LogP contribution in [0.5, 0.6) is 5.75 Å². The summed E-state index contributed by atoms with van der Waals surface area (Å²) in [6, 6.07) is 10.2. The molecule has 0 unspecified atom stereocenters. The Balaban J connectivity index is 2.25. The number of hydrogen-bond donors (Lipinski definition) is 2. The first-order valence-electron chi connectivity index (χ1n) is 6.64. The minimum atomic E-state index is -0.251. The van der Waals surface area contributed by atoms with Crippen molar-refractivity contribution in [2.24, 2.45) is 0 Å². The number of hydrogen-bond acceptors (Lipinski definition) is 4. The van der Waals surface area contributed by atoms with E-state index in [1.807, 2.05) is 19.0 Å². The lowest BCUT2D eigenvalue weighted by Crippen LogP contribution is -2.15. The van der Waals surface area contributed by atoms with Gasteiger partial charge in [-0.1, -0.05) is 11.6 Å². The number of nitrogen functional groups attached to an aromatic ring is 1. The van der Waals surface area contributed by atoms with Crippen LogP contribution in [0.2, 0.25) is 5.02 Å². The highest BCUT2D eigenvalue weighted by Crippen LogP contribution is 2.32. The standard InChI is InChI=1S/C16H18ClN3O2/c1-20(2)15-9-14(12(17)8-13(15)18)19-16(21)10-4-6-11(22-3)7-5-10/h4-9H,18H2,1-3H3,(H,19,21). The number of halogens is 1. The van der Waals surface area contributed by atoms with Gasteiger partial charge in [0.1, 0.15) is 5.75 Å². The van der Waals surface area contributed by atoms with Gasteiger partial charge in [0.2, 0.25) is 0 Å². The Morgan fingerprint density at radius 1 is 1.23 bits per heavy atom. The van der Waals surface area contributed by atoms with E-state index < -0.39 is 0 Å². The summed E-state index contributed by atoms with van der Waals surface area (Å²) < 4.78 is 5.07. The molecule has 2 aromatic rings. The largest absolute Gasteiger partial charge is 0.497 e. The zero-order chi connectivity index (χ0) is 16.3. The average Bonchev–Trinajstić information content (AvgIpc) is 2.49. The predicted octanol–water partition coefficient (Wildman–Crippen LogP) is 3.25. The highest BCUT2D eigenvalue weighted by atomic mass is 35.5. The van der Waals surface area contributed by atoms with Gasteiger partial charge in [0, 0.05) is 19.7 Å². The first kappa shape index (κ1) is 16.0. The van der Waals surface area contributed by atoms with Gasteiger partial charge >= 0.3 is 0 Å². The molecule has 0 aliphatic rings. The summed E-state index contributed by atoms with van der Waals surface area (Å²) in [7, 11) is 5.31. The molecule has 2 aromatic carbocycles. The number of anilines is 3. The fourth-order valence-corrected chi connectivity index (χ4v) is 2.22. The Labute approximate surface area is 134 Å². The number of ether oxygens (including phenoxy) is 1. The molecular formula is C16H18ClN3O2. The molecule has 0 heterocycles. The highest BCUT2D eigenvalue weighted by molar-refractivity contribution is 6.34. The third kappa shape index (κ3) is 3.43. The Morgan fingerprint density at radius 3 is 2.41 bits per heavy atom. The SMILES string of the molecule is COc1ccc(C(=O)Nc2cc(N(C)C)c(N)cc2Cl)cc1. The lowest BCUT2D eigenvalue weighted by molar-refractivity contribution is 0.102. The molecule has 2 rings (SSSR count). The van der Waals surface area contributed by atoms with Crippen molar-refractivity contribution in [3.63, 3.8) is 0 Å². The second kappa shape index (κ2) is 6.58. The van der Waals surface area contributed by atoms with E-state index in [0.717, 1.165) is 5.69 Å². The van der Waals surface area contributed by atoms with Crippen LogP contribution in [0, 0.1) is 0 Å². The predicted molar refractivity (Wildman–Crippen MR) is 91.1 cm³/mol. The van der Waals surface area contributed by atoms with Crippen molar-refractivity contribution in [1.29, 1.82) is 0 Å². The number of carbonyl (C=O) groups excluding carboxylic acids is 1. The molecule has 22 heavy (non-hydrogen) atoms. The molecule has 0 bridgehead atoms. The van der Waals surface area contributed by atoms with Gasteiger partial charge < -0.3 is 20.7 Å². The van der Waals surface area contributed by atoms with E-state index in [2.05, 4.69) is 5.32 Å². The van der Waals surface area contributed by atoms with E-state index in [-0.39, 0.29) is 5.91 Å². The van der Waals surface area contributed by atoms with E-state index in [1.165, 1.54) is 0 Å². The van der Waals surface area contributed by atoms with E-state index in [4.69, 9.17) is 22.1 Å². The van der Waals surface area contributed by atoms with Crippen LogP contribution in [0.3, 0.4) is 0 Å². The van der Waals surface area contributed by atoms with Crippen LogP contribution in [0.1, 0.15) is 10.4 Å². The monoisotopic (exact) mass is 319 g/mol. The van der Waals surface area contributed by atoms with Crippen LogP contribution < -0.4 is 20.7 Å². The van der Waals surface area contributed by atoms with E-state index in [9.17, 15) is 4.79 Å². The lowest BCUT2D eigenvalue weighted by Gasteiger charge is -2.18. The average molecular weight is 320 g/mol. The summed E-state index contributed by atoms with van der Waals surface area (Å²) in [5.41, 5.74) is 8.28. The second-order valence-electron chi connectivity index (χ2n) is 4.97. The van der Waals surface area contributed by atoms with Crippen LogP contribution in [0.25, 0.3) is 0 Å². The van der Waals surface area contributed by atoms with Gasteiger partial charge in [-0.3, -0.25) is 4.79 Å². The normalized spacial score (nSPS) is 10.2. The van der Waals surface area contributed by atoms with Crippen LogP contribution >= 0.6 is 11.6 Å². The van der Waals surface area contributed by atoms with Crippen molar-refractivity contribution in [1.82, 2.24) is 0 Å². The van der Waals surface area contributed by atoms with Crippen molar-refractivity contribution in [2.45, 2.75) is 0 Å². The molecule has 3 N–H and O–H groups in total. The third-order valence-electron chi connectivity index (χ3n) is 3.20. The molecule has 0 fully saturated rings. The number of carbonyl (C=O) groups is 1. The van der Waals surface area contributed by atoms with Crippen LogP contribution in [-0.4, -0.2) is 27.1 Å². The number of nitrogens with two attached hydrogens (primary N) is 1. The smallest absolute Gasteiger partial charge is 0.255 e. The first-order valence-corrected chi connectivity index (χ1v) is 7.02. The first-order chi connectivity index (χ1) is 10.4. The van der Waals surface area contributed by atoms with Gasteiger partial charge in [0.15, 0.2) is 0 Å². The molecule has 5 nitrogen and oxygen atoms in total. The highest BCUT2D eigenvalue weighted by Gasteiger charge is 2.12. The number of methoxy groups -OCH3 is 1. The quantitative estimate of drug-likeness (QED) is 0.849. The van der Waals surface area contributed by atoms with E-state index >= 15 is 0 Å². The maximum Gasteiger partial charge on any atom is 0.255 e. The molecule has 1 amide bonds. The Kier molecular flexibility index (Phi) is 4.78. The van der Waals surface area contributed by atoms with Crippen LogP contribution in [-0.2, 0) is 0 Å². The number of benzene rings is 2. The van der Waals surface area contributed by atoms with Gasteiger partial charge in [0.25, 0.3) is 5.91 Å². The van der Waals surface area contributed by atoms with E-state index in [0.29, 0.717) is 27.7 Å². The minimum Gasteiger partial charge on any atom is -0.497 e. The molecule has 116 valence electrons. The van der Waals surface area contributed by atoms with Crippen molar-refractivity contribution in [3.05, 3.63) is 47.0 Å². The molecule has 6 heteroatoms. The van der Waals surface area contributed by atoms with Gasteiger partial charge in [-0.25, -0.2) is 0 Å². The lowest BCUT2D eigenvalue weighted by atomic mass is 10.2. The van der Waals surface area contributed by atoms with Gasteiger partial charge in [0.05, 0.1) is 29.2 Å². The fourth-order valence-electron chi connectivity index (χ4n) is 2.00. The zero-order valence-electron chi connectivity index (χ0n) is 12.7. The van der Waals surface area contributed by atoms with Crippen LogP contribution in [0.4, 0.5) is 17.1 Å².